The Kier molecular flexibility index (Phi) is 3.57. The zero-order chi connectivity index (χ0) is 15.0. The lowest BCUT2D eigenvalue weighted by molar-refractivity contribution is 0.0998. The number of halogens is 3. The number of furan rings is 1. The van der Waals surface area contributed by atoms with Crippen molar-refractivity contribution in [3.8, 4) is 0 Å². The van der Waals surface area contributed by atoms with E-state index in [4.69, 9.17) is 27.6 Å². The lowest BCUT2D eigenvalue weighted by atomic mass is 10.2. The molecule has 3 rings (SSSR count). The monoisotopic (exact) mass is 323 g/mol. The Morgan fingerprint density at radius 3 is 2.57 bits per heavy atom. The summed E-state index contributed by atoms with van der Waals surface area (Å²) in [4.78, 5) is 12.1. The Labute approximate surface area is 129 Å². The van der Waals surface area contributed by atoms with Crippen LogP contribution in [0.1, 0.15) is 10.6 Å². The number of carbonyl (C=O) groups is 1. The zero-order valence-electron chi connectivity index (χ0n) is 10.5. The maximum Gasteiger partial charge on any atom is 0.291 e. The van der Waals surface area contributed by atoms with Crippen molar-refractivity contribution in [2.45, 2.75) is 0 Å². The number of nitrogens with one attached hydrogen (secondary N) is 1. The molecule has 0 aliphatic rings. The van der Waals surface area contributed by atoms with Crippen LogP contribution < -0.4 is 5.32 Å². The van der Waals surface area contributed by atoms with Crippen molar-refractivity contribution in [1.82, 2.24) is 0 Å². The molecule has 0 saturated heterocycles. The second kappa shape index (κ2) is 5.39. The highest BCUT2D eigenvalue weighted by Crippen LogP contribution is 2.25. The summed E-state index contributed by atoms with van der Waals surface area (Å²) >= 11 is 11.6. The molecule has 0 spiro atoms. The minimum atomic E-state index is -0.577. The van der Waals surface area contributed by atoms with Crippen LogP contribution in [0.15, 0.2) is 46.9 Å². The quantitative estimate of drug-likeness (QED) is 0.710. The summed E-state index contributed by atoms with van der Waals surface area (Å²) in [6.45, 7) is 0. The minimum Gasteiger partial charge on any atom is -0.451 e. The van der Waals surface area contributed by atoms with Crippen molar-refractivity contribution >= 4 is 45.8 Å². The maximum absolute atomic E-state index is 13.6. The average Bonchev–Trinajstić information content (AvgIpc) is 2.86. The molecule has 6 heteroatoms. The fourth-order valence-corrected chi connectivity index (χ4v) is 2.26. The van der Waals surface area contributed by atoms with Crippen LogP contribution in [-0.2, 0) is 0 Å². The van der Waals surface area contributed by atoms with Crippen molar-refractivity contribution in [3.63, 3.8) is 0 Å². The van der Waals surface area contributed by atoms with E-state index in [1.165, 1.54) is 18.2 Å². The van der Waals surface area contributed by atoms with Crippen molar-refractivity contribution in [2.24, 2.45) is 0 Å². The Morgan fingerprint density at radius 1 is 1.05 bits per heavy atom. The standard InChI is InChI=1S/C15H8Cl2FNO2/c16-9-2-4-13-8(5-9)6-14(21-13)15(20)19-12-7-10(17)1-3-11(12)18/h1-7H,(H,19,20). The molecule has 0 unspecified atom stereocenters. The molecule has 0 saturated carbocycles. The van der Waals surface area contributed by atoms with Gasteiger partial charge in [0.15, 0.2) is 5.76 Å². The molecule has 21 heavy (non-hydrogen) atoms. The van der Waals surface area contributed by atoms with Gasteiger partial charge < -0.3 is 9.73 Å². The molecule has 1 N–H and O–H groups in total. The summed E-state index contributed by atoms with van der Waals surface area (Å²) in [6.07, 6.45) is 0. The molecule has 1 aromatic heterocycles. The van der Waals surface area contributed by atoms with Gasteiger partial charge in [-0.05, 0) is 42.5 Å². The van der Waals surface area contributed by atoms with Crippen LogP contribution in [0.2, 0.25) is 10.0 Å². The summed E-state index contributed by atoms with van der Waals surface area (Å²) in [7, 11) is 0. The van der Waals surface area contributed by atoms with Crippen LogP contribution in [0.3, 0.4) is 0 Å². The molecule has 3 aromatic rings. The molecule has 0 atom stereocenters. The fraction of sp³-hybridized carbons (Fsp3) is 0. The van der Waals surface area contributed by atoms with Gasteiger partial charge in [-0.1, -0.05) is 23.2 Å². The first kappa shape index (κ1) is 13.9. The van der Waals surface area contributed by atoms with Crippen LogP contribution in [0.5, 0.6) is 0 Å². The highest BCUT2D eigenvalue weighted by Gasteiger charge is 2.14. The Bertz CT molecular complexity index is 845. The number of anilines is 1. The topological polar surface area (TPSA) is 42.2 Å². The van der Waals surface area contributed by atoms with E-state index in [2.05, 4.69) is 5.32 Å². The molecule has 1 heterocycles. The maximum atomic E-state index is 13.6. The smallest absolute Gasteiger partial charge is 0.291 e. The van der Waals surface area contributed by atoms with Gasteiger partial charge >= 0.3 is 0 Å². The van der Waals surface area contributed by atoms with E-state index in [1.54, 1.807) is 24.3 Å². The van der Waals surface area contributed by atoms with Crippen molar-refractivity contribution < 1.29 is 13.6 Å². The predicted octanol–water partition coefficient (Wildman–Crippen LogP) is 5.13. The number of amides is 1. The molecule has 0 aliphatic heterocycles. The third-order valence-corrected chi connectivity index (χ3v) is 3.35. The molecule has 0 radical (unpaired) electrons. The van der Waals surface area contributed by atoms with Gasteiger partial charge in [0.05, 0.1) is 5.69 Å². The van der Waals surface area contributed by atoms with Crippen LogP contribution >= 0.6 is 23.2 Å². The summed E-state index contributed by atoms with van der Waals surface area (Å²) in [5.74, 6) is -1.08. The molecule has 0 fully saturated rings. The second-order valence-electron chi connectivity index (χ2n) is 4.37. The number of rotatable bonds is 2. The van der Waals surface area contributed by atoms with Gasteiger partial charge in [0.2, 0.25) is 0 Å². The van der Waals surface area contributed by atoms with E-state index in [0.29, 0.717) is 21.0 Å². The number of carbonyl (C=O) groups excluding carboxylic acids is 1. The van der Waals surface area contributed by atoms with E-state index < -0.39 is 11.7 Å². The van der Waals surface area contributed by atoms with Crippen LogP contribution in [0, 0.1) is 5.82 Å². The molecule has 3 nitrogen and oxygen atoms in total. The molecular weight excluding hydrogens is 316 g/mol. The van der Waals surface area contributed by atoms with Gasteiger partial charge in [-0.25, -0.2) is 4.39 Å². The largest absolute Gasteiger partial charge is 0.451 e. The predicted molar refractivity (Wildman–Crippen MR) is 80.6 cm³/mol. The third kappa shape index (κ3) is 2.86. The highest BCUT2D eigenvalue weighted by atomic mass is 35.5. The van der Waals surface area contributed by atoms with E-state index in [9.17, 15) is 9.18 Å². The van der Waals surface area contributed by atoms with Crippen LogP contribution in [-0.4, -0.2) is 5.91 Å². The minimum absolute atomic E-state index is 0.00834. The number of hydrogen-bond acceptors (Lipinski definition) is 2. The first-order valence-electron chi connectivity index (χ1n) is 5.98. The molecule has 0 aliphatic carbocycles. The number of hydrogen-bond donors (Lipinski definition) is 1. The van der Waals surface area contributed by atoms with Gasteiger partial charge in [-0.3, -0.25) is 4.79 Å². The summed E-state index contributed by atoms with van der Waals surface area (Å²) in [5, 5.41) is 3.97. The summed E-state index contributed by atoms with van der Waals surface area (Å²) in [6, 6.07) is 10.4. The first-order chi connectivity index (χ1) is 10.0. The van der Waals surface area contributed by atoms with E-state index in [1.807, 2.05) is 0 Å². The average molecular weight is 324 g/mol. The second-order valence-corrected chi connectivity index (χ2v) is 5.24. The number of benzene rings is 2. The van der Waals surface area contributed by atoms with Crippen LogP contribution in [0.4, 0.5) is 10.1 Å². The Hall–Kier alpha value is -2.04. The lowest BCUT2D eigenvalue weighted by Gasteiger charge is -2.04. The van der Waals surface area contributed by atoms with Crippen molar-refractivity contribution in [2.75, 3.05) is 5.32 Å². The van der Waals surface area contributed by atoms with E-state index >= 15 is 0 Å². The van der Waals surface area contributed by atoms with Gasteiger partial charge in [-0.2, -0.15) is 0 Å². The zero-order valence-corrected chi connectivity index (χ0v) is 12.0. The normalized spacial score (nSPS) is 10.8. The Morgan fingerprint density at radius 2 is 1.76 bits per heavy atom. The molecule has 0 bridgehead atoms. The van der Waals surface area contributed by atoms with Gasteiger partial charge in [0, 0.05) is 15.4 Å². The lowest BCUT2D eigenvalue weighted by Crippen LogP contribution is -2.12. The van der Waals surface area contributed by atoms with E-state index in [-0.39, 0.29) is 11.4 Å². The highest BCUT2D eigenvalue weighted by molar-refractivity contribution is 6.31. The summed E-state index contributed by atoms with van der Waals surface area (Å²) < 4.78 is 19.0. The Balaban J connectivity index is 1.91. The van der Waals surface area contributed by atoms with E-state index in [0.717, 1.165) is 0 Å². The molecule has 1 amide bonds. The molecule has 2 aromatic carbocycles. The summed E-state index contributed by atoms with van der Waals surface area (Å²) in [5.41, 5.74) is 0.516. The first-order valence-corrected chi connectivity index (χ1v) is 6.74. The number of fused-ring (bicyclic) bond motifs is 1. The third-order valence-electron chi connectivity index (χ3n) is 2.88. The van der Waals surface area contributed by atoms with Crippen molar-refractivity contribution in [3.05, 3.63) is 64.1 Å². The SMILES string of the molecule is O=C(Nc1cc(Cl)ccc1F)c1cc2cc(Cl)ccc2o1. The molecular formula is C15H8Cl2FNO2. The van der Waals surface area contributed by atoms with Gasteiger partial charge in [-0.15, -0.1) is 0 Å². The molecule has 106 valence electrons. The van der Waals surface area contributed by atoms with Crippen LogP contribution in [0.25, 0.3) is 11.0 Å². The van der Waals surface area contributed by atoms with Gasteiger partial charge in [0.1, 0.15) is 11.4 Å². The van der Waals surface area contributed by atoms with Crippen molar-refractivity contribution in [1.29, 1.82) is 0 Å². The fourth-order valence-electron chi connectivity index (χ4n) is 1.90. The van der Waals surface area contributed by atoms with Gasteiger partial charge in [0.25, 0.3) is 5.91 Å².